The molecule has 0 unspecified atom stereocenters. The van der Waals surface area contributed by atoms with Gasteiger partial charge in [-0.1, -0.05) is 5.92 Å². The fourth-order valence-corrected chi connectivity index (χ4v) is 2.08. The summed E-state index contributed by atoms with van der Waals surface area (Å²) in [5, 5.41) is 0.870. The average Bonchev–Trinajstić information content (AvgIpc) is 2.59. The molecule has 0 saturated heterocycles. The largest absolute Gasteiger partial charge is 0.456 e. The van der Waals surface area contributed by atoms with Crippen LogP contribution >= 0.6 is 0 Å². The van der Waals surface area contributed by atoms with Crippen LogP contribution in [-0.4, -0.2) is 26.5 Å². The predicted molar refractivity (Wildman–Crippen MR) is 94.9 cm³/mol. The van der Waals surface area contributed by atoms with Crippen molar-refractivity contribution in [1.29, 1.82) is 0 Å². The molecule has 0 spiro atoms. The molecule has 0 bridgehead atoms. The van der Waals surface area contributed by atoms with Gasteiger partial charge in [-0.3, -0.25) is 0 Å². The number of hydrogen-bond donors (Lipinski definition) is 0. The fraction of sp³-hybridized carbons (Fsp3) is 0.200. The molecule has 0 aliphatic carbocycles. The molecule has 0 aliphatic rings. The number of carbonyl (C=O) groups is 1. The van der Waals surface area contributed by atoms with Gasteiger partial charge in [-0.2, -0.15) is 0 Å². The van der Waals surface area contributed by atoms with Gasteiger partial charge in [0.25, 0.3) is 0 Å². The van der Waals surface area contributed by atoms with E-state index in [-0.39, 0.29) is 5.97 Å². The van der Waals surface area contributed by atoms with Crippen molar-refractivity contribution < 1.29 is 9.53 Å². The summed E-state index contributed by atoms with van der Waals surface area (Å²) in [6.07, 6.45) is 3.38. The van der Waals surface area contributed by atoms with Crippen molar-refractivity contribution in [2.24, 2.45) is 0 Å². The number of nitrogens with zero attached hydrogens (tertiary/aromatic N) is 3. The van der Waals surface area contributed by atoms with Gasteiger partial charge < -0.3 is 4.74 Å². The van der Waals surface area contributed by atoms with Crippen molar-refractivity contribution in [2.75, 3.05) is 0 Å². The van der Waals surface area contributed by atoms with Crippen molar-refractivity contribution in [2.45, 2.75) is 26.4 Å². The topological polar surface area (TPSA) is 65.0 Å². The highest BCUT2D eigenvalue weighted by molar-refractivity contribution is 5.89. The van der Waals surface area contributed by atoms with Crippen molar-refractivity contribution in [1.82, 2.24) is 15.0 Å². The van der Waals surface area contributed by atoms with Crippen LogP contribution in [0.3, 0.4) is 0 Å². The Kier molecular flexibility index (Phi) is 4.44. The molecular weight excluding hydrogens is 314 g/mol. The fourth-order valence-electron chi connectivity index (χ4n) is 2.08. The molecule has 5 heteroatoms. The molecule has 1 aromatic carbocycles. The third-order valence-corrected chi connectivity index (χ3v) is 3.19. The lowest BCUT2D eigenvalue weighted by molar-refractivity contribution is 0.00695. The van der Waals surface area contributed by atoms with E-state index in [1.165, 1.54) is 0 Å². The van der Waals surface area contributed by atoms with E-state index >= 15 is 0 Å². The molecule has 0 saturated carbocycles. The summed E-state index contributed by atoms with van der Waals surface area (Å²) in [5.41, 5.74) is 1.35. The third-order valence-electron chi connectivity index (χ3n) is 3.19. The minimum Gasteiger partial charge on any atom is -0.456 e. The Morgan fingerprint density at radius 1 is 1.04 bits per heavy atom. The zero-order chi connectivity index (χ0) is 17.9. The van der Waals surface area contributed by atoms with E-state index in [9.17, 15) is 4.79 Å². The Bertz CT molecular complexity index is 977. The Hall–Kier alpha value is -3.26. The molecule has 2 heterocycles. The molecule has 0 fully saturated rings. The second-order valence-corrected chi connectivity index (χ2v) is 6.44. The summed E-state index contributed by atoms with van der Waals surface area (Å²) in [5.74, 6) is 5.95. The minimum atomic E-state index is -0.517. The molecule has 0 radical (unpaired) electrons. The van der Waals surface area contributed by atoms with Gasteiger partial charge in [-0.15, -0.1) is 0 Å². The van der Waals surface area contributed by atoms with Crippen LogP contribution in [0.15, 0.2) is 48.8 Å². The van der Waals surface area contributed by atoms with Gasteiger partial charge >= 0.3 is 5.97 Å². The Morgan fingerprint density at radius 3 is 2.52 bits per heavy atom. The van der Waals surface area contributed by atoms with Crippen LogP contribution in [0.2, 0.25) is 0 Å². The van der Waals surface area contributed by atoms with Crippen LogP contribution < -0.4 is 0 Å². The van der Waals surface area contributed by atoms with Crippen LogP contribution in [-0.2, 0) is 4.74 Å². The van der Waals surface area contributed by atoms with Gasteiger partial charge in [-0.05, 0) is 63.1 Å². The van der Waals surface area contributed by atoms with Crippen LogP contribution in [0.1, 0.15) is 42.5 Å². The van der Waals surface area contributed by atoms with Crippen LogP contribution in [0.5, 0.6) is 0 Å². The normalized spacial score (nSPS) is 10.8. The van der Waals surface area contributed by atoms with Gasteiger partial charge in [-0.25, -0.2) is 19.7 Å². The summed E-state index contributed by atoms with van der Waals surface area (Å²) < 4.78 is 5.33. The van der Waals surface area contributed by atoms with E-state index in [1.807, 2.05) is 32.9 Å². The van der Waals surface area contributed by atoms with E-state index in [1.54, 1.807) is 36.7 Å². The van der Waals surface area contributed by atoms with Gasteiger partial charge in [0, 0.05) is 23.3 Å². The summed E-state index contributed by atoms with van der Waals surface area (Å²) >= 11 is 0. The lowest BCUT2D eigenvalue weighted by Crippen LogP contribution is -2.23. The van der Waals surface area contributed by atoms with E-state index in [2.05, 4.69) is 26.8 Å². The maximum absolute atomic E-state index is 12.0. The summed E-state index contributed by atoms with van der Waals surface area (Å²) in [4.78, 5) is 24.7. The maximum Gasteiger partial charge on any atom is 0.338 e. The molecule has 25 heavy (non-hydrogen) atoms. The van der Waals surface area contributed by atoms with Crippen molar-refractivity contribution in [3.05, 3.63) is 65.7 Å². The van der Waals surface area contributed by atoms with Crippen molar-refractivity contribution in [3.8, 4) is 11.8 Å². The quantitative estimate of drug-likeness (QED) is 0.505. The van der Waals surface area contributed by atoms with Crippen molar-refractivity contribution >= 4 is 17.0 Å². The third kappa shape index (κ3) is 4.39. The number of carbonyl (C=O) groups excluding carboxylic acids is 1. The SMILES string of the molecule is CC(C)(C)OC(=O)c1ccc(C#Cc2ncc3cccnc3n2)cc1. The molecule has 0 amide bonds. The first-order valence-corrected chi connectivity index (χ1v) is 7.84. The van der Waals surface area contributed by atoms with Gasteiger partial charge in [0.15, 0.2) is 5.65 Å². The number of fused-ring (bicyclic) bond motifs is 1. The number of hydrogen-bond acceptors (Lipinski definition) is 5. The van der Waals surface area contributed by atoms with E-state index in [0.717, 1.165) is 10.9 Å². The zero-order valence-corrected chi connectivity index (χ0v) is 14.3. The summed E-state index contributed by atoms with van der Waals surface area (Å²) in [6, 6.07) is 10.7. The first-order valence-electron chi connectivity index (χ1n) is 7.84. The number of esters is 1. The number of aromatic nitrogens is 3. The van der Waals surface area contributed by atoms with Crippen LogP contribution in [0, 0.1) is 11.8 Å². The molecule has 0 aliphatic heterocycles. The smallest absolute Gasteiger partial charge is 0.338 e. The highest BCUT2D eigenvalue weighted by atomic mass is 16.6. The van der Waals surface area contributed by atoms with E-state index in [0.29, 0.717) is 17.0 Å². The van der Waals surface area contributed by atoms with Gasteiger partial charge in [0.2, 0.25) is 5.82 Å². The van der Waals surface area contributed by atoms with Crippen LogP contribution in [0.4, 0.5) is 0 Å². The van der Waals surface area contributed by atoms with Crippen molar-refractivity contribution in [3.63, 3.8) is 0 Å². The number of ether oxygens (including phenoxy) is 1. The van der Waals surface area contributed by atoms with E-state index < -0.39 is 5.60 Å². The Morgan fingerprint density at radius 2 is 1.80 bits per heavy atom. The predicted octanol–water partition coefficient (Wildman–Crippen LogP) is 3.38. The Balaban J connectivity index is 1.77. The monoisotopic (exact) mass is 331 g/mol. The average molecular weight is 331 g/mol. The molecule has 3 rings (SSSR count). The summed E-state index contributed by atoms with van der Waals surface area (Å²) in [7, 11) is 0. The first-order chi connectivity index (χ1) is 11.9. The number of pyridine rings is 1. The highest BCUT2D eigenvalue weighted by Crippen LogP contribution is 2.13. The maximum atomic E-state index is 12.0. The molecular formula is C20H17N3O2. The molecule has 0 atom stereocenters. The van der Waals surface area contributed by atoms with Gasteiger partial charge in [0.1, 0.15) is 5.60 Å². The molecule has 3 aromatic rings. The van der Waals surface area contributed by atoms with Crippen LogP contribution in [0.25, 0.3) is 11.0 Å². The van der Waals surface area contributed by atoms with E-state index in [4.69, 9.17) is 4.74 Å². The molecule has 2 aromatic heterocycles. The molecule has 124 valence electrons. The molecule has 0 N–H and O–H groups in total. The minimum absolute atomic E-state index is 0.351. The summed E-state index contributed by atoms with van der Waals surface area (Å²) in [6.45, 7) is 5.51. The Labute approximate surface area is 146 Å². The number of rotatable bonds is 1. The highest BCUT2D eigenvalue weighted by Gasteiger charge is 2.17. The van der Waals surface area contributed by atoms with Gasteiger partial charge in [0.05, 0.1) is 5.56 Å². The second kappa shape index (κ2) is 6.70. The first kappa shape index (κ1) is 16.6. The lowest BCUT2D eigenvalue weighted by atomic mass is 10.1. The zero-order valence-electron chi connectivity index (χ0n) is 14.3. The number of benzene rings is 1. The lowest BCUT2D eigenvalue weighted by Gasteiger charge is -2.19. The second-order valence-electron chi connectivity index (χ2n) is 6.44. The standard InChI is InChI=1S/C20H17N3O2/c1-20(2,3)25-19(24)15-9-6-14(7-10-15)8-11-17-22-13-16-5-4-12-21-18(16)23-17/h4-7,9-10,12-13H,1-3H3. The molecule has 5 nitrogen and oxygen atoms in total.